The van der Waals surface area contributed by atoms with Crippen molar-refractivity contribution in [3.8, 4) is 0 Å². The second-order valence-electron chi connectivity index (χ2n) is 9.14. The van der Waals surface area contributed by atoms with E-state index in [4.69, 9.17) is 20.2 Å². The SMILES string of the molecule is Nc1ncnc2c1nc(SC1=COC(c3ccccc3Br)O1)n2CC(c1ccccc1)C1CCCC1. The van der Waals surface area contributed by atoms with E-state index < -0.39 is 6.29 Å². The molecule has 4 aromatic rings. The fraction of sp³-hybridized carbons (Fsp3) is 0.296. The first-order chi connectivity index (χ1) is 17.7. The van der Waals surface area contributed by atoms with E-state index in [0.29, 0.717) is 28.3 Å². The van der Waals surface area contributed by atoms with Crippen molar-refractivity contribution >= 4 is 44.7 Å². The van der Waals surface area contributed by atoms with Crippen LogP contribution in [0.15, 0.2) is 81.9 Å². The van der Waals surface area contributed by atoms with E-state index in [9.17, 15) is 0 Å². The Balaban J connectivity index is 1.33. The molecule has 9 heteroatoms. The molecule has 1 saturated carbocycles. The molecule has 36 heavy (non-hydrogen) atoms. The summed E-state index contributed by atoms with van der Waals surface area (Å²) in [6, 6.07) is 18.7. The molecule has 0 saturated heterocycles. The summed E-state index contributed by atoms with van der Waals surface area (Å²) in [5.74, 6) is 1.35. The smallest absolute Gasteiger partial charge is 0.268 e. The number of thioether (sulfide) groups is 1. The van der Waals surface area contributed by atoms with Gasteiger partial charge in [-0.25, -0.2) is 15.0 Å². The highest BCUT2D eigenvalue weighted by atomic mass is 79.9. The quantitative estimate of drug-likeness (QED) is 0.265. The Morgan fingerprint density at radius 3 is 2.64 bits per heavy atom. The maximum absolute atomic E-state index is 6.21. The van der Waals surface area contributed by atoms with Gasteiger partial charge in [0.1, 0.15) is 12.6 Å². The zero-order valence-electron chi connectivity index (χ0n) is 19.6. The standard InChI is InChI=1S/C27H26BrN5O2S/c28-21-13-7-6-12-19(21)26-34-15-22(35-26)36-27-32-23-24(29)30-16-31-25(23)33(27)14-20(18-10-4-5-11-18)17-8-2-1-3-9-17/h1-3,6-9,12-13,15-16,18,20,26H,4-5,10-11,14H2,(H2,29,30,31). The molecule has 0 spiro atoms. The van der Waals surface area contributed by atoms with Crippen LogP contribution in [0, 0.1) is 5.92 Å². The number of ether oxygens (including phenoxy) is 2. The molecule has 2 unspecified atom stereocenters. The van der Waals surface area contributed by atoms with Crippen molar-refractivity contribution in [2.45, 2.75) is 49.6 Å². The molecule has 3 heterocycles. The predicted octanol–water partition coefficient (Wildman–Crippen LogP) is 6.78. The van der Waals surface area contributed by atoms with Gasteiger partial charge in [0.15, 0.2) is 22.1 Å². The van der Waals surface area contributed by atoms with E-state index in [1.165, 1.54) is 49.3 Å². The van der Waals surface area contributed by atoms with Gasteiger partial charge >= 0.3 is 0 Å². The van der Waals surface area contributed by atoms with Gasteiger partial charge in [-0.15, -0.1) is 0 Å². The lowest BCUT2D eigenvalue weighted by Crippen LogP contribution is -2.18. The van der Waals surface area contributed by atoms with Crippen molar-refractivity contribution in [1.82, 2.24) is 19.5 Å². The average molecular weight is 565 g/mol. The van der Waals surface area contributed by atoms with Crippen molar-refractivity contribution in [2.75, 3.05) is 5.73 Å². The van der Waals surface area contributed by atoms with Gasteiger partial charge in [-0.3, -0.25) is 0 Å². The third-order valence-electron chi connectivity index (χ3n) is 6.96. The molecule has 0 radical (unpaired) electrons. The summed E-state index contributed by atoms with van der Waals surface area (Å²) < 4.78 is 15.1. The highest BCUT2D eigenvalue weighted by molar-refractivity contribution is 9.10. The number of nitrogens with two attached hydrogens (primary N) is 1. The molecule has 2 atom stereocenters. The summed E-state index contributed by atoms with van der Waals surface area (Å²) in [6.45, 7) is 0.756. The topological polar surface area (TPSA) is 88.1 Å². The van der Waals surface area contributed by atoms with Gasteiger partial charge < -0.3 is 19.8 Å². The lowest BCUT2D eigenvalue weighted by molar-refractivity contribution is -0.0278. The highest BCUT2D eigenvalue weighted by Crippen LogP contribution is 2.43. The van der Waals surface area contributed by atoms with Crippen molar-refractivity contribution in [3.05, 3.63) is 87.9 Å². The number of hydrogen-bond donors (Lipinski definition) is 1. The first-order valence-electron chi connectivity index (χ1n) is 12.1. The first kappa shape index (κ1) is 23.4. The highest BCUT2D eigenvalue weighted by Gasteiger charge is 2.30. The number of fused-ring (bicyclic) bond motifs is 1. The molecule has 2 N–H and O–H groups in total. The summed E-state index contributed by atoms with van der Waals surface area (Å²) >= 11 is 5.01. The minimum Gasteiger partial charge on any atom is -0.454 e. The Morgan fingerprint density at radius 1 is 1.06 bits per heavy atom. The summed E-state index contributed by atoms with van der Waals surface area (Å²) in [5, 5.41) is 1.40. The predicted molar refractivity (Wildman–Crippen MR) is 144 cm³/mol. The molecule has 1 aliphatic heterocycles. The number of hydrogen-bond acceptors (Lipinski definition) is 7. The van der Waals surface area contributed by atoms with E-state index in [1.54, 1.807) is 6.26 Å². The van der Waals surface area contributed by atoms with Crippen LogP contribution in [-0.4, -0.2) is 19.5 Å². The summed E-state index contributed by atoms with van der Waals surface area (Å²) in [4.78, 5) is 13.6. The van der Waals surface area contributed by atoms with Gasteiger partial charge in [-0.1, -0.05) is 77.3 Å². The minimum atomic E-state index is -0.513. The van der Waals surface area contributed by atoms with Gasteiger partial charge in [0.05, 0.1) is 0 Å². The van der Waals surface area contributed by atoms with E-state index in [-0.39, 0.29) is 0 Å². The fourth-order valence-corrected chi connectivity index (χ4v) is 6.48. The van der Waals surface area contributed by atoms with Crippen LogP contribution in [0.5, 0.6) is 0 Å². The summed E-state index contributed by atoms with van der Waals surface area (Å²) in [5.41, 5.74) is 9.84. The van der Waals surface area contributed by atoms with Gasteiger partial charge in [0, 0.05) is 22.5 Å². The van der Waals surface area contributed by atoms with E-state index >= 15 is 0 Å². The van der Waals surface area contributed by atoms with Crippen LogP contribution >= 0.6 is 27.7 Å². The molecule has 2 aromatic heterocycles. The maximum atomic E-state index is 6.21. The van der Waals surface area contributed by atoms with Crippen LogP contribution in [0.1, 0.15) is 49.0 Å². The van der Waals surface area contributed by atoms with Crippen molar-refractivity contribution in [2.24, 2.45) is 5.92 Å². The molecule has 7 nitrogen and oxygen atoms in total. The number of nitrogens with zero attached hydrogens (tertiary/aromatic N) is 4. The maximum Gasteiger partial charge on any atom is 0.268 e. The molecule has 2 aromatic carbocycles. The largest absolute Gasteiger partial charge is 0.454 e. The van der Waals surface area contributed by atoms with Gasteiger partial charge in [-0.05, 0) is 42.2 Å². The number of imidazole rings is 1. The minimum absolute atomic E-state index is 0.351. The second-order valence-corrected chi connectivity index (χ2v) is 11.0. The number of nitrogen functional groups attached to an aromatic ring is 1. The van der Waals surface area contributed by atoms with Crippen molar-refractivity contribution < 1.29 is 9.47 Å². The van der Waals surface area contributed by atoms with Crippen LogP contribution in [0.2, 0.25) is 0 Å². The van der Waals surface area contributed by atoms with E-state index in [2.05, 4.69) is 60.8 Å². The molecule has 0 amide bonds. The van der Waals surface area contributed by atoms with Gasteiger partial charge in [-0.2, -0.15) is 0 Å². The van der Waals surface area contributed by atoms with Crippen LogP contribution < -0.4 is 5.73 Å². The second kappa shape index (κ2) is 10.1. The number of halogens is 1. The summed E-state index contributed by atoms with van der Waals surface area (Å²) in [6.07, 6.45) is 7.69. The van der Waals surface area contributed by atoms with Crippen LogP contribution in [0.25, 0.3) is 11.2 Å². The van der Waals surface area contributed by atoms with E-state index in [0.717, 1.165) is 27.4 Å². The van der Waals surface area contributed by atoms with Crippen molar-refractivity contribution in [1.29, 1.82) is 0 Å². The van der Waals surface area contributed by atoms with Crippen LogP contribution in [0.4, 0.5) is 5.82 Å². The van der Waals surface area contributed by atoms with Gasteiger partial charge in [0.2, 0.25) is 5.09 Å². The van der Waals surface area contributed by atoms with Crippen molar-refractivity contribution in [3.63, 3.8) is 0 Å². The Bertz CT molecular complexity index is 1400. The fourth-order valence-electron chi connectivity index (χ4n) is 5.18. The Morgan fingerprint density at radius 2 is 1.83 bits per heavy atom. The summed E-state index contributed by atoms with van der Waals surface area (Å²) in [7, 11) is 0. The molecule has 2 aliphatic rings. The zero-order valence-corrected chi connectivity index (χ0v) is 22.0. The monoisotopic (exact) mass is 563 g/mol. The lowest BCUT2D eigenvalue weighted by Gasteiger charge is -2.25. The van der Waals surface area contributed by atoms with Crippen LogP contribution in [-0.2, 0) is 16.0 Å². The first-order valence-corrected chi connectivity index (χ1v) is 13.7. The molecule has 6 rings (SSSR count). The third-order valence-corrected chi connectivity index (χ3v) is 8.57. The molecule has 0 bridgehead atoms. The van der Waals surface area contributed by atoms with E-state index in [1.807, 2.05) is 24.3 Å². The Labute approximate surface area is 222 Å². The lowest BCUT2D eigenvalue weighted by atomic mass is 9.84. The molecular weight excluding hydrogens is 538 g/mol. The number of anilines is 1. The average Bonchev–Trinajstić information content (AvgIpc) is 3.65. The Kier molecular flexibility index (Phi) is 6.58. The van der Waals surface area contributed by atoms with Crippen LogP contribution in [0.3, 0.4) is 0 Å². The normalized spacial score (nSPS) is 18.7. The third kappa shape index (κ3) is 4.57. The molecule has 1 fully saturated rings. The molecule has 184 valence electrons. The number of aromatic nitrogens is 4. The molecular formula is C27H26BrN5O2S. The zero-order chi connectivity index (χ0) is 24.5. The Hall–Kier alpha value is -3.04. The number of benzene rings is 2. The molecule has 1 aliphatic carbocycles. The van der Waals surface area contributed by atoms with Gasteiger partial charge in [0.25, 0.3) is 6.29 Å². The number of rotatable bonds is 7.